The Balaban J connectivity index is 2.34. The van der Waals surface area contributed by atoms with Gasteiger partial charge < -0.3 is 0 Å². The minimum Gasteiger partial charge on any atom is -0.192 e. The van der Waals surface area contributed by atoms with Crippen molar-refractivity contribution >= 4 is 23.3 Å². The summed E-state index contributed by atoms with van der Waals surface area (Å²) >= 11 is 5.97. The molecule has 20 heavy (non-hydrogen) atoms. The summed E-state index contributed by atoms with van der Waals surface area (Å²) in [7, 11) is 0. The van der Waals surface area contributed by atoms with Gasteiger partial charge >= 0.3 is 0 Å². The highest BCUT2D eigenvalue weighted by molar-refractivity contribution is 6.30. The maximum absolute atomic E-state index is 9.31. The highest BCUT2D eigenvalue weighted by Gasteiger charge is 2.03. The van der Waals surface area contributed by atoms with Crippen LogP contribution in [0.25, 0.3) is 11.6 Å². The van der Waals surface area contributed by atoms with E-state index in [1.165, 1.54) is 5.56 Å². The third-order valence-corrected chi connectivity index (χ3v) is 3.41. The average molecular weight is 282 g/mol. The van der Waals surface area contributed by atoms with Gasteiger partial charge in [0.2, 0.25) is 0 Å². The monoisotopic (exact) mass is 281 g/mol. The summed E-state index contributed by atoms with van der Waals surface area (Å²) in [5.74, 6) is 0.511. The van der Waals surface area contributed by atoms with E-state index in [1.807, 2.05) is 30.3 Å². The molecule has 0 N–H and O–H groups in total. The first-order chi connectivity index (χ1) is 9.60. The van der Waals surface area contributed by atoms with Crippen LogP contribution in [0.5, 0.6) is 0 Å². The van der Waals surface area contributed by atoms with Crippen molar-refractivity contribution in [2.45, 2.75) is 19.8 Å². The largest absolute Gasteiger partial charge is 0.192 e. The van der Waals surface area contributed by atoms with Gasteiger partial charge in [0.1, 0.15) is 0 Å². The molecule has 0 fully saturated rings. The lowest BCUT2D eigenvalue weighted by atomic mass is 9.99. The fraction of sp³-hybridized carbons (Fsp3) is 0.167. The Labute approximate surface area is 125 Å². The zero-order valence-electron chi connectivity index (χ0n) is 11.6. The number of nitriles is 1. The molecular formula is C18H16ClN. The average Bonchev–Trinajstić information content (AvgIpc) is 2.45. The van der Waals surface area contributed by atoms with Gasteiger partial charge in [-0.3, -0.25) is 0 Å². The molecule has 100 valence electrons. The predicted octanol–water partition coefficient (Wildman–Crippen LogP) is 5.53. The lowest BCUT2D eigenvalue weighted by Crippen LogP contribution is -1.87. The molecule has 0 saturated heterocycles. The molecule has 0 aliphatic heterocycles. The standard InChI is InChI=1S/C18H16ClN/c1-13(2)15-8-6-14(7-9-15)10-17(12-20)16-4-3-5-18(19)11-16/h3-11,13H,1-2H3. The minimum atomic E-state index is 0.511. The number of allylic oxidation sites excluding steroid dienone is 1. The van der Waals surface area contributed by atoms with Crippen LogP contribution in [0.4, 0.5) is 0 Å². The molecule has 0 radical (unpaired) electrons. The Morgan fingerprint density at radius 1 is 1.15 bits per heavy atom. The molecule has 0 unspecified atom stereocenters. The van der Waals surface area contributed by atoms with Gasteiger partial charge in [-0.25, -0.2) is 0 Å². The van der Waals surface area contributed by atoms with Crippen molar-refractivity contribution in [1.82, 2.24) is 0 Å². The van der Waals surface area contributed by atoms with Crippen molar-refractivity contribution in [2.24, 2.45) is 0 Å². The van der Waals surface area contributed by atoms with Crippen LogP contribution >= 0.6 is 11.6 Å². The molecule has 0 aliphatic rings. The number of hydrogen-bond acceptors (Lipinski definition) is 1. The highest BCUT2D eigenvalue weighted by Crippen LogP contribution is 2.22. The first-order valence-corrected chi connectivity index (χ1v) is 6.95. The first-order valence-electron chi connectivity index (χ1n) is 6.58. The van der Waals surface area contributed by atoms with E-state index in [0.717, 1.165) is 11.1 Å². The lowest BCUT2D eigenvalue weighted by Gasteiger charge is -2.05. The van der Waals surface area contributed by atoms with E-state index >= 15 is 0 Å². The molecule has 2 aromatic rings. The van der Waals surface area contributed by atoms with E-state index in [1.54, 1.807) is 12.1 Å². The van der Waals surface area contributed by atoms with Gasteiger partial charge in [-0.1, -0.05) is 61.8 Å². The van der Waals surface area contributed by atoms with E-state index in [-0.39, 0.29) is 0 Å². The summed E-state index contributed by atoms with van der Waals surface area (Å²) in [5.41, 5.74) is 3.77. The molecule has 0 saturated carbocycles. The van der Waals surface area contributed by atoms with Crippen LogP contribution in [0, 0.1) is 11.3 Å². The Morgan fingerprint density at radius 2 is 1.85 bits per heavy atom. The van der Waals surface area contributed by atoms with Crippen LogP contribution in [-0.4, -0.2) is 0 Å². The van der Waals surface area contributed by atoms with Crippen LogP contribution in [0.15, 0.2) is 48.5 Å². The molecule has 0 atom stereocenters. The van der Waals surface area contributed by atoms with Gasteiger partial charge in [0.05, 0.1) is 11.6 Å². The van der Waals surface area contributed by atoms with E-state index < -0.39 is 0 Å². The van der Waals surface area contributed by atoms with Crippen molar-refractivity contribution < 1.29 is 0 Å². The zero-order chi connectivity index (χ0) is 14.5. The topological polar surface area (TPSA) is 23.8 Å². The quantitative estimate of drug-likeness (QED) is 0.536. The molecular weight excluding hydrogens is 266 g/mol. The van der Waals surface area contributed by atoms with Crippen LogP contribution in [0.2, 0.25) is 5.02 Å². The van der Waals surface area contributed by atoms with E-state index in [9.17, 15) is 5.26 Å². The Morgan fingerprint density at radius 3 is 2.40 bits per heavy atom. The highest BCUT2D eigenvalue weighted by atomic mass is 35.5. The van der Waals surface area contributed by atoms with Gasteiger partial charge in [-0.15, -0.1) is 0 Å². The van der Waals surface area contributed by atoms with Crippen LogP contribution < -0.4 is 0 Å². The third-order valence-electron chi connectivity index (χ3n) is 3.17. The minimum absolute atomic E-state index is 0.511. The molecule has 0 spiro atoms. The number of rotatable bonds is 3. The molecule has 0 aliphatic carbocycles. The molecule has 2 heteroatoms. The summed E-state index contributed by atoms with van der Waals surface area (Å²) in [4.78, 5) is 0. The van der Waals surface area contributed by atoms with Crippen molar-refractivity contribution in [3.05, 3.63) is 70.2 Å². The lowest BCUT2D eigenvalue weighted by molar-refractivity contribution is 0.866. The summed E-state index contributed by atoms with van der Waals surface area (Å²) in [6.45, 7) is 4.33. The van der Waals surface area contributed by atoms with Crippen LogP contribution in [0.1, 0.15) is 36.5 Å². The van der Waals surface area contributed by atoms with Crippen molar-refractivity contribution in [2.75, 3.05) is 0 Å². The summed E-state index contributed by atoms with van der Waals surface area (Å²) < 4.78 is 0. The summed E-state index contributed by atoms with van der Waals surface area (Å²) in [5, 5.41) is 9.95. The molecule has 1 nitrogen and oxygen atoms in total. The van der Waals surface area contributed by atoms with Crippen LogP contribution in [-0.2, 0) is 0 Å². The normalized spacial score (nSPS) is 11.4. The second kappa shape index (κ2) is 6.41. The summed E-state index contributed by atoms with van der Waals surface area (Å²) in [6, 6.07) is 17.9. The van der Waals surface area contributed by atoms with Crippen LogP contribution in [0.3, 0.4) is 0 Å². The third kappa shape index (κ3) is 3.50. The van der Waals surface area contributed by atoms with Gasteiger partial charge in [0, 0.05) is 5.02 Å². The molecule has 0 bridgehead atoms. The van der Waals surface area contributed by atoms with Gasteiger partial charge in [-0.05, 0) is 40.8 Å². The fourth-order valence-corrected chi connectivity index (χ4v) is 2.17. The van der Waals surface area contributed by atoms with E-state index in [4.69, 9.17) is 11.6 Å². The second-order valence-electron chi connectivity index (χ2n) is 5.00. The second-order valence-corrected chi connectivity index (χ2v) is 5.44. The smallest absolute Gasteiger partial charge is 0.0998 e. The first kappa shape index (κ1) is 14.4. The van der Waals surface area contributed by atoms with Gasteiger partial charge in [0.25, 0.3) is 0 Å². The number of hydrogen-bond donors (Lipinski definition) is 0. The molecule has 0 amide bonds. The molecule has 0 heterocycles. The van der Waals surface area contributed by atoms with Crippen molar-refractivity contribution in [3.8, 4) is 6.07 Å². The SMILES string of the molecule is CC(C)c1ccc(C=C(C#N)c2cccc(Cl)c2)cc1. The molecule has 0 aromatic heterocycles. The van der Waals surface area contributed by atoms with E-state index in [0.29, 0.717) is 16.5 Å². The predicted molar refractivity (Wildman–Crippen MR) is 85.5 cm³/mol. The number of halogens is 1. The molecule has 2 rings (SSSR count). The van der Waals surface area contributed by atoms with Crippen molar-refractivity contribution in [1.29, 1.82) is 5.26 Å². The Kier molecular flexibility index (Phi) is 4.61. The van der Waals surface area contributed by atoms with Gasteiger partial charge in [0.15, 0.2) is 0 Å². The molecule has 2 aromatic carbocycles. The maximum atomic E-state index is 9.31. The number of nitrogens with zero attached hydrogens (tertiary/aromatic N) is 1. The van der Waals surface area contributed by atoms with Crippen molar-refractivity contribution in [3.63, 3.8) is 0 Å². The number of benzene rings is 2. The maximum Gasteiger partial charge on any atom is 0.0998 e. The summed E-state index contributed by atoms with van der Waals surface area (Å²) in [6.07, 6.45) is 1.88. The Hall–Kier alpha value is -2.04. The zero-order valence-corrected chi connectivity index (χ0v) is 12.4. The van der Waals surface area contributed by atoms with Gasteiger partial charge in [-0.2, -0.15) is 5.26 Å². The fourth-order valence-electron chi connectivity index (χ4n) is 1.98. The van der Waals surface area contributed by atoms with E-state index in [2.05, 4.69) is 32.0 Å². The Bertz CT molecular complexity index is 661.